The van der Waals surface area contributed by atoms with Crippen LogP contribution in [-0.4, -0.2) is 29.9 Å². The molecule has 0 fully saturated rings. The molecule has 0 amide bonds. The first-order valence-electron chi connectivity index (χ1n) is 6.67. The maximum atomic E-state index is 10.1. The first kappa shape index (κ1) is 18.8. The molecule has 1 aromatic carbocycles. The Morgan fingerprint density at radius 3 is 2.33 bits per heavy atom. The normalized spacial score (nSPS) is 11.5. The average Bonchev–Trinajstić information content (AvgIpc) is 2.47. The molecule has 0 aromatic heterocycles. The molecule has 116 valence electrons. The topological polar surface area (TPSA) is 132 Å². The number of benzene rings is 1. The first-order valence-corrected chi connectivity index (χ1v) is 6.67. The minimum absolute atomic E-state index is 0.520. The minimum Gasteiger partial charge on any atom is -0.480 e. The number of carbonyl (C=O) groups excluding carboxylic acids is 1. The van der Waals surface area contributed by atoms with Gasteiger partial charge in [-0.05, 0) is 43.2 Å². The molecular formula is C15H23N3O3. The summed E-state index contributed by atoms with van der Waals surface area (Å²) in [5, 5.41) is 8.33. The van der Waals surface area contributed by atoms with Crippen LogP contribution in [0.2, 0.25) is 0 Å². The molecule has 7 N–H and O–H groups in total. The minimum atomic E-state index is -0.933. The van der Waals surface area contributed by atoms with E-state index in [4.69, 9.17) is 22.3 Å². The Hall–Kier alpha value is -2.18. The smallest absolute Gasteiger partial charge is 0.320 e. The predicted molar refractivity (Wildman–Crippen MR) is 84.5 cm³/mol. The van der Waals surface area contributed by atoms with Gasteiger partial charge in [0.15, 0.2) is 0 Å². The number of nitrogens with two attached hydrogens (primary N) is 3. The molecule has 1 unspecified atom stereocenters. The molecule has 0 radical (unpaired) electrons. The maximum absolute atomic E-state index is 10.1. The Bertz CT molecular complexity index is 444. The lowest BCUT2D eigenvalue weighted by Crippen LogP contribution is -2.29. The number of hydrogen-bond acceptors (Lipinski definition) is 5. The molecule has 0 aliphatic heterocycles. The van der Waals surface area contributed by atoms with Gasteiger partial charge in [0.2, 0.25) is 0 Å². The van der Waals surface area contributed by atoms with Crippen molar-refractivity contribution in [2.45, 2.75) is 25.3 Å². The number of carboxylic acids is 1. The van der Waals surface area contributed by atoms with Crippen molar-refractivity contribution >= 4 is 24.0 Å². The number of hydrogen-bond donors (Lipinski definition) is 4. The van der Waals surface area contributed by atoms with Gasteiger partial charge in [-0.1, -0.05) is 24.6 Å². The van der Waals surface area contributed by atoms with Gasteiger partial charge >= 0.3 is 5.97 Å². The quantitative estimate of drug-likeness (QED) is 0.257. The van der Waals surface area contributed by atoms with Crippen LogP contribution in [0.3, 0.4) is 0 Å². The summed E-state index contributed by atoms with van der Waals surface area (Å²) in [6.45, 7) is 0.604. The van der Waals surface area contributed by atoms with Gasteiger partial charge in [0.1, 0.15) is 12.3 Å². The third kappa shape index (κ3) is 10.3. The van der Waals surface area contributed by atoms with Crippen molar-refractivity contribution in [1.29, 1.82) is 0 Å². The second-order valence-corrected chi connectivity index (χ2v) is 4.39. The highest BCUT2D eigenvalue weighted by Gasteiger charge is 2.09. The van der Waals surface area contributed by atoms with E-state index in [0.29, 0.717) is 13.0 Å². The zero-order valence-electron chi connectivity index (χ0n) is 11.9. The SMILES string of the molecule is NCCCCC(N)C(=O)O.Nc1ccc(C=CC=O)cc1. The summed E-state index contributed by atoms with van der Waals surface area (Å²) < 4.78 is 0. The van der Waals surface area contributed by atoms with E-state index in [1.54, 1.807) is 18.2 Å². The number of carbonyl (C=O) groups is 2. The number of carboxylic acid groups (broad SMARTS) is 1. The molecule has 0 aliphatic carbocycles. The van der Waals surface area contributed by atoms with Crippen LogP contribution in [-0.2, 0) is 9.59 Å². The molecule has 1 rings (SSSR count). The fourth-order valence-corrected chi connectivity index (χ4v) is 1.39. The van der Waals surface area contributed by atoms with Crippen molar-refractivity contribution in [1.82, 2.24) is 0 Å². The lowest BCUT2D eigenvalue weighted by molar-refractivity contribution is -0.138. The third-order valence-corrected chi connectivity index (χ3v) is 2.59. The molecule has 0 spiro atoms. The molecule has 1 aromatic rings. The number of nitrogen functional groups attached to an aromatic ring is 1. The van der Waals surface area contributed by atoms with Gasteiger partial charge in [0, 0.05) is 5.69 Å². The zero-order chi connectivity index (χ0) is 16.1. The Morgan fingerprint density at radius 1 is 1.24 bits per heavy atom. The third-order valence-electron chi connectivity index (χ3n) is 2.59. The van der Waals surface area contributed by atoms with Gasteiger partial charge < -0.3 is 22.3 Å². The monoisotopic (exact) mass is 293 g/mol. The van der Waals surface area contributed by atoms with Gasteiger partial charge in [0.25, 0.3) is 0 Å². The highest BCUT2D eigenvalue weighted by atomic mass is 16.4. The van der Waals surface area contributed by atoms with Crippen LogP contribution in [0.1, 0.15) is 24.8 Å². The molecule has 6 nitrogen and oxygen atoms in total. The van der Waals surface area contributed by atoms with E-state index in [2.05, 4.69) is 0 Å². The van der Waals surface area contributed by atoms with Crippen LogP contribution in [0.4, 0.5) is 5.69 Å². The van der Waals surface area contributed by atoms with Crippen molar-refractivity contribution in [2.75, 3.05) is 12.3 Å². The van der Waals surface area contributed by atoms with E-state index in [9.17, 15) is 9.59 Å². The Balaban J connectivity index is 0.000000384. The number of anilines is 1. The number of aldehydes is 1. The van der Waals surface area contributed by atoms with E-state index < -0.39 is 12.0 Å². The van der Waals surface area contributed by atoms with Crippen LogP contribution in [0.15, 0.2) is 30.3 Å². The van der Waals surface area contributed by atoms with Gasteiger partial charge in [-0.25, -0.2) is 0 Å². The van der Waals surface area contributed by atoms with Gasteiger partial charge in [-0.3, -0.25) is 9.59 Å². The Labute approximate surface area is 124 Å². The lowest BCUT2D eigenvalue weighted by atomic mass is 10.1. The molecule has 0 aliphatic rings. The van der Waals surface area contributed by atoms with E-state index >= 15 is 0 Å². The molecule has 6 heteroatoms. The number of aliphatic carboxylic acids is 1. The molecule has 0 saturated heterocycles. The summed E-state index contributed by atoms with van der Waals surface area (Å²) in [5.74, 6) is -0.933. The molecular weight excluding hydrogens is 270 g/mol. The van der Waals surface area contributed by atoms with E-state index in [0.717, 1.165) is 30.4 Å². The van der Waals surface area contributed by atoms with E-state index in [1.165, 1.54) is 6.08 Å². The van der Waals surface area contributed by atoms with Crippen LogP contribution in [0.25, 0.3) is 6.08 Å². The fraction of sp³-hybridized carbons (Fsp3) is 0.333. The first-order chi connectivity index (χ1) is 10.0. The van der Waals surface area contributed by atoms with Gasteiger partial charge in [-0.2, -0.15) is 0 Å². The summed E-state index contributed by atoms with van der Waals surface area (Å²) >= 11 is 0. The van der Waals surface area contributed by atoms with Crippen LogP contribution >= 0.6 is 0 Å². The molecule has 0 saturated carbocycles. The van der Waals surface area contributed by atoms with Crippen molar-refractivity contribution in [3.8, 4) is 0 Å². The molecule has 1 atom stereocenters. The largest absolute Gasteiger partial charge is 0.480 e. The number of allylic oxidation sites excluding steroid dienone is 1. The van der Waals surface area contributed by atoms with Crippen molar-refractivity contribution in [3.05, 3.63) is 35.9 Å². The van der Waals surface area contributed by atoms with Crippen LogP contribution in [0, 0.1) is 0 Å². The van der Waals surface area contributed by atoms with Crippen molar-refractivity contribution < 1.29 is 14.7 Å². The van der Waals surface area contributed by atoms with E-state index in [-0.39, 0.29) is 0 Å². The summed E-state index contributed by atoms with van der Waals surface area (Å²) in [7, 11) is 0. The summed E-state index contributed by atoms with van der Waals surface area (Å²) in [5.41, 5.74) is 17.6. The summed E-state index contributed by atoms with van der Waals surface area (Å²) in [6.07, 6.45) is 6.09. The van der Waals surface area contributed by atoms with Crippen molar-refractivity contribution in [2.24, 2.45) is 11.5 Å². The highest BCUT2D eigenvalue weighted by Crippen LogP contribution is 2.06. The number of unbranched alkanes of at least 4 members (excludes halogenated alkanes) is 1. The summed E-state index contributed by atoms with van der Waals surface area (Å²) in [4.78, 5) is 20.1. The second kappa shape index (κ2) is 11.6. The van der Waals surface area contributed by atoms with Gasteiger partial charge in [-0.15, -0.1) is 0 Å². The van der Waals surface area contributed by atoms with Gasteiger partial charge in [0.05, 0.1) is 0 Å². The predicted octanol–water partition coefficient (Wildman–Crippen LogP) is 1.01. The Morgan fingerprint density at radius 2 is 1.86 bits per heavy atom. The average molecular weight is 293 g/mol. The lowest BCUT2D eigenvalue weighted by Gasteiger charge is -2.03. The second-order valence-electron chi connectivity index (χ2n) is 4.39. The van der Waals surface area contributed by atoms with Crippen LogP contribution < -0.4 is 17.2 Å². The number of rotatable bonds is 7. The standard InChI is InChI=1S/C9H9NO.C6H14N2O2/c10-9-5-3-8(4-6-9)2-1-7-11;7-4-2-1-3-5(8)6(9)10/h1-7H,10H2;5H,1-4,7-8H2,(H,9,10). The van der Waals surface area contributed by atoms with E-state index in [1.807, 2.05) is 12.1 Å². The van der Waals surface area contributed by atoms with Crippen LogP contribution in [0.5, 0.6) is 0 Å². The van der Waals surface area contributed by atoms with Crippen molar-refractivity contribution in [3.63, 3.8) is 0 Å². The fourth-order valence-electron chi connectivity index (χ4n) is 1.39. The Kier molecular flexibility index (Phi) is 10.4. The maximum Gasteiger partial charge on any atom is 0.320 e. The zero-order valence-corrected chi connectivity index (χ0v) is 11.9. The molecule has 0 heterocycles. The summed E-state index contributed by atoms with van der Waals surface area (Å²) in [6, 6.07) is 6.59. The molecule has 21 heavy (non-hydrogen) atoms. The molecule has 0 bridgehead atoms. The highest BCUT2D eigenvalue weighted by molar-refractivity contribution is 5.74.